The van der Waals surface area contributed by atoms with Gasteiger partial charge in [-0.2, -0.15) is 0 Å². The van der Waals surface area contributed by atoms with E-state index in [1.807, 2.05) is 31.2 Å². The van der Waals surface area contributed by atoms with Crippen molar-refractivity contribution in [3.8, 4) is 5.75 Å². The van der Waals surface area contributed by atoms with Crippen LogP contribution >= 0.6 is 35.0 Å². The van der Waals surface area contributed by atoms with Crippen LogP contribution in [0.5, 0.6) is 5.75 Å². The zero-order valence-corrected chi connectivity index (χ0v) is 16.9. The van der Waals surface area contributed by atoms with Crippen molar-refractivity contribution in [1.29, 1.82) is 0 Å². The zero-order valence-electron chi connectivity index (χ0n) is 14.6. The summed E-state index contributed by atoms with van der Waals surface area (Å²) < 4.78 is 5.71. The summed E-state index contributed by atoms with van der Waals surface area (Å²) in [4.78, 5) is 26.6. The molecule has 0 unspecified atom stereocenters. The normalized spacial score (nSPS) is 15.7. The molecule has 0 bridgehead atoms. The second kappa shape index (κ2) is 8.83. The molecule has 1 aliphatic rings. The van der Waals surface area contributed by atoms with E-state index >= 15 is 0 Å². The predicted molar refractivity (Wildman–Crippen MR) is 110 cm³/mol. The third kappa shape index (κ3) is 4.49. The van der Waals surface area contributed by atoms with Gasteiger partial charge in [-0.05, 0) is 42.5 Å². The Kier molecular flexibility index (Phi) is 6.47. The number of ether oxygens (including phenoxy) is 1. The molecule has 1 fully saturated rings. The minimum atomic E-state index is -0.369. The average molecular weight is 422 g/mol. The Hall–Kier alpha value is -1.95. The molecule has 1 aliphatic heterocycles. The van der Waals surface area contributed by atoms with Gasteiger partial charge in [0.2, 0.25) is 0 Å². The van der Waals surface area contributed by atoms with Gasteiger partial charge in [0.05, 0.1) is 18.1 Å². The number of para-hydroxylation sites is 1. The number of hydrogen-bond donors (Lipinski definition) is 0. The van der Waals surface area contributed by atoms with Crippen molar-refractivity contribution >= 4 is 52.2 Å². The average Bonchev–Trinajstić information content (AvgIpc) is 2.91. The Balaban J connectivity index is 1.85. The molecule has 140 valence electrons. The number of thioether (sulfide) groups is 1. The lowest BCUT2D eigenvalue weighted by molar-refractivity contribution is -0.123. The number of amides is 2. The number of hydrogen-bond acceptors (Lipinski definition) is 4. The zero-order chi connectivity index (χ0) is 19.4. The first-order valence-electron chi connectivity index (χ1n) is 8.41. The summed E-state index contributed by atoms with van der Waals surface area (Å²) in [6.45, 7) is 2.64. The molecule has 0 atom stereocenters. The van der Waals surface area contributed by atoms with E-state index < -0.39 is 0 Å². The predicted octanol–water partition coefficient (Wildman–Crippen LogP) is 6.02. The van der Waals surface area contributed by atoms with Gasteiger partial charge in [-0.3, -0.25) is 14.5 Å². The number of carbonyl (C=O) groups excluding carboxylic acids is 2. The van der Waals surface area contributed by atoms with Crippen LogP contribution in [-0.2, 0) is 11.3 Å². The van der Waals surface area contributed by atoms with Crippen molar-refractivity contribution in [3.63, 3.8) is 0 Å². The van der Waals surface area contributed by atoms with Crippen LogP contribution in [0.4, 0.5) is 4.79 Å². The molecule has 1 saturated heterocycles. The number of nitrogens with zero attached hydrogens (tertiary/aromatic N) is 1. The molecular formula is C20H17Cl2NO3S. The van der Waals surface area contributed by atoms with E-state index in [0.717, 1.165) is 28.6 Å². The number of carbonyl (C=O) groups is 2. The Labute approximate surface area is 172 Å². The molecule has 0 radical (unpaired) electrons. The van der Waals surface area contributed by atoms with Gasteiger partial charge in [-0.15, -0.1) is 0 Å². The summed E-state index contributed by atoms with van der Waals surface area (Å²) >= 11 is 13.2. The highest BCUT2D eigenvalue weighted by molar-refractivity contribution is 8.18. The highest BCUT2D eigenvalue weighted by atomic mass is 35.5. The maximum absolute atomic E-state index is 12.8. The summed E-state index contributed by atoms with van der Waals surface area (Å²) in [5.41, 5.74) is 1.31. The summed E-state index contributed by atoms with van der Waals surface area (Å²) in [5.74, 6) is 0.312. The van der Waals surface area contributed by atoms with E-state index in [1.54, 1.807) is 24.3 Å². The Bertz CT molecular complexity index is 894. The first-order chi connectivity index (χ1) is 13.0. The lowest BCUT2D eigenvalue weighted by Gasteiger charge is -2.14. The molecule has 4 nitrogen and oxygen atoms in total. The summed E-state index contributed by atoms with van der Waals surface area (Å²) in [6, 6.07) is 12.5. The minimum Gasteiger partial charge on any atom is -0.493 e. The first kappa shape index (κ1) is 19.8. The highest BCUT2D eigenvalue weighted by Crippen LogP contribution is 2.36. The Morgan fingerprint density at radius 2 is 1.78 bits per heavy atom. The van der Waals surface area contributed by atoms with E-state index in [2.05, 4.69) is 0 Å². The van der Waals surface area contributed by atoms with Gasteiger partial charge >= 0.3 is 0 Å². The second-order valence-corrected chi connectivity index (χ2v) is 7.66. The summed E-state index contributed by atoms with van der Waals surface area (Å²) in [6.07, 6.45) is 2.56. The van der Waals surface area contributed by atoms with Crippen LogP contribution in [0, 0.1) is 0 Å². The van der Waals surface area contributed by atoms with Crippen molar-refractivity contribution in [1.82, 2.24) is 4.90 Å². The summed E-state index contributed by atoms with van der Waals surface area (Å²) in [5, 5.41) is 0.488. The number of rotatable bonds is 6. The molecule has 2 amide bonds. The monoisotopic (exact) mass is 421 g/mol. The maximum Gasteiger partial charge on any atom is 0.293 e. The molecule has 2 aromatic rings. The molecule has 0 saturated carbocycles. The van der Waals surface area contributed by atoms with Crippen LogP contribution in [0.25, 0.3) is 6.08 Å². The fraction of sp³-hybridized carbons (Fsp3) is 0.200. The van der Waals surface area contributed by atoms with Crippen LogP contribution in [0.1, 0.15) is 24.5 Å². The van der Waals surface area contributed by atoms with E-state index in [9.17, 15) is 9.59 Å². The minimum absolute atomic E-state index is 0.0362. The van der Waals surface area contributed by atoms with Gasteiger partial charge in [0.1, 0.15) is 5.75 Å². The number of benzene rings is 2. The van der Waals surface area contributed by atoms with Gasteiger partial charge in [0.15, 0.2) is 0 Å². The molecular weight excluding hydrogens is 405 g/mol. The lowest BCUT2D eigenvalue weighted by Crippen LogP contribution is -2.27. The number of imide groups is 1. The van der Waals surface area contributed by atoms with E-state index in [1.165, 1.54) is 0 Å². The standard InChI is InChI=1S/C20H17Cl2NO3S/c1-2-10-26-17-9-4-3-6-13(17)11-18-19(24)23(20(25)27-18)12-14-15(21)7-5-8-16(14)22/h3-9,11H,2,10,12H2,1H3/b18-11+. The van der Waals surface area contributed by atoms with E-state index in [0.29, 0.717) is 32.9 Å². The number of halogens is 2. The molecule has 27 heavy (non-hydrogen) atoms. The van der Waals surface area contributed by atoms with Crippen molar-refractivity contribution in [2.75, 3.05) is 6.61 Å². The van der Waals surface area contributed by atoms with E-state index in [4.69, 9.17) is 27.9 Å². The fourth-order valence-electron chi connectivity index (χ4n) is 2.56. The van der Waals surface area contributed by atoms with Crippen LogP contribution in [-0.4, -0.2) is 22.7 Å². The Morgan fingerprint density at radius 1 is 1.07 bits per heavy atom. The van der Waals surface area contributed by atoms with Crippen LogP contribution in [0.3, 0.4) is 0 Å². The largest absolute Gasteiger partial charge is 0.493 e. The SMILES string of the molecule is CCCOc1ccccc1/C=C1/SC(=O)N(Cc2c(Cl)cccc2Cl)C1=O. The third-order valence-electron chi connectivity index (χ3n) is 3.92. The van der Waals surface area contributed by atoms with Crippen LogP contribution in [0.15, 0.2) is 47.4 Å². The van der Waals surface area contributed by atoms with Gasteiger partial charge in [-0.1, -0.05) is 54.4 Å². The van der Waals surface area contributed by atoms with Gasteiger partial charge in [-0.25, -0.2) is 0 Å². The second-order valence-electron chi connectivity index (χ2n) is 5.85. The molecule has 0 N–H and O–H groups in total. The third-order valence-corrected chi connectivity index (χ3v) is 5.53. The molecule has 1 heterocycles. The van der Waals surface area contributed by atoms with Crippen molar-refractivity contribution in [2.24, 2.45) is 0 Å². The smallest absolute Gasteiger partial charge is 0.293 e. The molecule has 3 rings (SSSR count). The van der Waals surface area contributed by atoms with Gasteiger partial charge in [0.25, 0.3) is 11.1 Å². The Morgan fingerprint density at radius 3 is 2.48 bits per heavy atom. The first-order valence-corrected chi connectivity index (χ1v) is 9.98. The maximum atomic E-state index is 12.8. The van der Waals surface area contributed by atoms with Crippen molar-refractivity contribution < 1.29 is 14.3 Å². The molecule has 0 aliphatic carbocycles. The highest BCUT2D eigenvalue weighted by Gasteiger charge is 2.35. The van der Waals surface area contributed by atoms with Crippen LogP contribution < -0.4 is 4.74 Å². The van der Waals surface area contributed by atoms with Gasteiger partial charge < -0.3 is 4.74 Å². The van der Waals surface area contributed by atoms with Crippen LogP contribution in [0.2, 0.25) is 10.0 Å². The van der Waals surface area contributed by atoms with E-state index in [-0.39, 0.29) is 17.7 Å². The lowest BCUT2D eigenvalue weighted by atomic mass is 10.1. The van der Waals surface area contributed by atoms with Crippen molar-refractivity contribution in [3.05, 3.63) is 68.5 Å². The topological polar surface area (TPSA) is 46.6 Å². The van der Waals surface area contributed by atoms with Crippen molar-refractivity contribution in [2.45, 2.75) is 19.9 Å². The summed E-state index contributed by atoms with van der Waals surface area (Å²) in [7, 11) is 0. The quantitative estimate of drug-likeness (QED) is 0.534. The molecule has 2 aromatic carbocycles. The fourth-order valence-corrected chi connectivity index (χ4v) is 3.91. The molecule has 7 heteroatoms. The van der Waals surface area contributed by atoms with Gasteiger partial charge in [0, 0.05) is 21.2 Å². The molecule has 0 aromatic heterocycles. The molecule has 0 spiro atoms.